The second-order valence-corrected chi connectivity index (χ2v) is 5.25. The number of methoxy groups -OCH3 is 1. The number of aryl methyl sites for hydroxylation is 1. The van der Waals surface area contributed by atoms with Crippen LogP contribution in [-0.4, -0.2) is 7.11 Å². The lowest BCUT2D eigenvalue weighted by Gasteiger charge is -2.16. The summed E-state index contributed by atoms with van der Waals surface area (Å²) in [5, 5.41) is 4.31. The molecule has 0 aliphatic heterocycles. The number of benzene rings is 2. The Morgan fingerprint density at radius 2 is 2.11 bits per heavy atom. The molecule has 0 fully saturated rings. The van der Waals surface area contributed by atoms with Gasteiger partial charge in [-0.15, -0.1) is 0 Å². The maximum absolute atomic E-state index is 6.02. The van der Waals surface area contributed by atoms with Gasteiger partial charge >= 0.3 is 0 Å². The molecule has 0 radical (unpaired) electrons. The Bertz CT molecular complexity index is 597. The zero-order chi connectivity index (χ0) is 13.2. The fourth-order valence-electron chi connectivity index (χ4n) is 2.64. The van der Waals surface area contributed by atoms with Gasteiger partial charge in [0.2, 0.25) is 0 Å². The van der Waals surface area contributed by atoms with E-state index in [-0.39, 0.29) is 0 Å². The number of fused-ring (bicyclic) bond motifs is 1. The van der Waals surface area contributed by atoms with Gasteiger partial charge in [0, 0.05) is 10.7 Å². The van der Waals surface area contributed by atoms with Gasteiger partial charge in [0.05, 0.1) is 13.2 Å². The molecule has 0 bridgehead atoms. The molecule has 3 heteroatoms. The van der Waals surface area contributed by atoms with E-state index in [4.69, 9.17) is 16.3 Å². The predicted molar refractivity (Wildman–Crippen MR) is 79.1 cm³/mol. The Balaban J connectivity index is 1.85. The number of rotatable bonds is 3. The van der Waals surface area contributed by atoms with Crippen LogP contribution in [0.1, 0.15) is 23.6 Å². The Kier molecular flexibility index (Phi) is 3.34. The summed E-state index contributed by atoms with van der Waals surface area (Å²) >= 11 is 6.02. The summed E-state index contributed by atoms with van der Waals surface area (Å²) in [7, 11) is 1.70. The molecule has 1 aliphatic rings. The first kappa shape index (κ1) is 12.4. The van der Waals surface area contributed by atoms with Crippen LogP contribution in [0.4, 0.5) is 5.69 Å². The van der Waals surface area contributed by atoms with E-state index in [0.717, 1.165) is 29.3 Å². The highest BCUT2D eigenvalue weighted by Crippen LogP contribution is 2.36. The second kappa shape index (κ2) is 5.14. The lowest BCUT2D eigenvalue weighted by atomic mass is 10.1. The SMILES string of the molecule is COc1ccc2c(c1)C(Nc1cccc(Cl)c1)CC2. The molecule has 0 aromatic heterocycles. The highest BCUT2D eigenvalue weighted by molar-refractivity contribution is 6.30. The van der Waals surface area contributed by atoms with Crippen LogP contribution in [0.15, 0.2) is 42.5 Å². The zero-order valence-electron chi connectivity index (χ0n) is 10.8. The van der Waals surface area contributed by atoms with Crippen molar-refractivity contribution in [2.24, 2.45) is 0 Å². The molecule has 1 atom stereocenters. The Morgan fingerprint density at radius 3 is 2.89 bits per heavy atom. The molecule has 1 N–H and O–H groups in total. The van der Waals surface area contributed by atoms with Gasteiger partial charge < -0.3 is 10.1 Å². The lowest BCUT2D eigenvalue weighted by Crippen LogP contribution is -2.07. The van der Waals surface area contributed by atoms with Crippen LogP contribution in [0.3, 0.4) is 0 Å². The van der Waals surface area contributed by atoms with Gasteiger partial charge in [0.15, 0.2) is 0 Å². The van der Waals surface area contributed by atoms with Crippen LogP contribution in [-0.2, 0) is 6.42 Å². The number of hydrogen-bond acceptors (Lipinski definition) is 2. The summed E-state index contributed by atoms with van der Waals surface area (Å²) in [6.45, 7) is 0. The molecule has 98 valence electrons. The first-order valence-corrected chi connectivity index (χ1v) is 6.83. The first-order chi connectivity index (χ1) is 9.26. The van der Waals surface area contributed by atoms with E-state index in [1.807, 2.05) is 30.3 Å². The number of halogens is 1. The average Bonchev–Trinajstić information content (AvgIpc) is 2.81. The monoisotopic (exact) mass is 273 g/mol. The molecule has 0 amide bonds. The van der Waals surface area contributed by atoms with Crippen molar-refractivity contribution in [2.45, 2.75) is 18.9 Å². The van der Waals surface area contributed by atoms with Crippen molar-refractivity contribution in [3.8, 4) is 5.75 Å². The molecule has 1 unspecified atom stereocenters. The smallest absolute Gasteiger partial charge is 0.119 e. The minimum absolute atomic E-state index is 0.337. The van der Waals surface area contributed by atoms with Gasteiger partial charge in [-0.05, 0) is 54.3 Å². The summed E-state index contributed by atoms with van der Waals surface area (Å²) in [5.41, 5.74) is 3.80. The van der Waals surface area contributed by atoms with Crippen LogP contribution in [0.2, 0.25) is 5.02 Å². The quantitative estimate of drug-likeness (QED) is 0.892. The van der Waals surface area contributed by atoms with Gasteiger partial charge in [-0.1, -0.05) is 23.7 Å². The van der Waals surface area contributed by atoms with Crippen molar-refractivity contribution >= 4 is 17.3 Å². The van der Waals surface area contributed by atoms with E-state index in [2.05, 4.69) is 17.4 Å². The second-order valence-electron chi connectivity index (χ2n) is 4.81. The molecule has 0 saturated carbocycles. The third-order valence-electron chi connectivity index (χ3n) is 3.60. The van der Waals surface area contributed by atoms with Crippen LogP contribution in [0.25, 0.3) is 0 Å². The topological polar surface area (TPSA) is 21.3 Å². The van der Waals surface area contributed by atoms with Gasteiger partial charge in [0.1, 0.15) is 5.75 Å². The Morgan fingerprint density at radius 1 is 1.21 bits per heavy atom. The van der Waals surface area contributed by atoms with Crippen molar-refractivity contribution < 1.29 is 4.74 Å². The molecule has 0 heterocycles. The number of anilines is 1. The molecule has 19 heavy (non-hydrogen) atoms. The molecule has 2 aromatic carbocycles. The Labute approximate surface area is 118 Å². The van der Waals surface area contributed by atoms with Crippen molar-refractivity contribution in [3.05, 3.63) is 58.6 Å². The maximum Gasteiger partial charge on any atom is 0.119 e. The van der Waals surface area contributed by atoms with Crippen molar-refractivity contribution in [1.82, 2.24) is 0 Å². The predicted octanol–water partition coefficient (Wildman–Crippen LogP) is 4.45. The maximum atomic E-state index is 6.02. The van der Waals surface area contributed by atoms with Crippen molar-refractivity contribution in [3.63, 3.8) is 0 Å². The van der Waals surface area contributed by atoms with Gasteiger partial charge in [-0.25, -0.2) is 0 Å². The van der Waals surface area contributed by atoms with E-state index in [9.17, 15) is 0 Å². The molecule has 3 rings (SSSR count). The third kappa shape index (κ3) is 2.54. The summed E-state index contributed by atoms with van der Waals surface area (Å²) in [6.07, 6.45) is 2.21. The fourth-order valence-corrected chi connectivity index (χ4v) is 2.83. The summed E-state index contributed by atoms with van der Waals surface area (Å²) < 4.78 is 5.31. The van der Waals surface area contributed by atoms with Gasteiger partial charge in [0.25, 0.3) is 0 Å². The van der Waals surface area contributed by atoms with Crippen LogP contribution < -0.4 is 10.1 Å². The molecular weight excluding hydrogens is 258 g/mol. The van der Waals surface area contributed by atoms with Gasteiger partial charge in [-0.3, -0.25) is 0 Å². The molecule has 2 aromatic rings. The minimum atomic E-state index is 0.337. The standard InChI is InChI=1S/C16H16ClNO/c1-19-14-7-5-11-6-8-16(15(11)10-14)18-13-4-2-3-12(17)9-13/h2-5,7,9-10,16,18H,6,8H2,1H3. The van der Waals surface area contributed by atoms with Crippen LogP contribution in [0.5, 0.6) is 5.75 Å². The largest absolute Gasteiger partial charge is 0.497 e. The summed E-state index contributed by atoms with van der Waals surface area (Å²) in [6, 6.07) is 14.5. The average molecular weight is 274 g/mol. The van der Waals surface area contributed by atoms with E-state index in [1.54, 1.807) is 7.11 Å². The van der Waals surface area contributed by atoms with Crippen molar-refractivity contribution in [2.75, 3.05) is 12.4 Å². The summed E-state index contributed by atoms with van der Waals surface area (Å²) in [5.74, 6) is 0.915. The van der Waals surface area contributed by atoms with E-state index in [1.165, 1.54) is 11.1 Å². The molecule has 2 nitrogen and oxygen atoms in total. The summed E-state index contributed by atoms with van der Waals surface area (Å²) in [4.78, 5) is 0. The number of nitrogens with one attached hydrogen (secondary N) is 1. The highest BCUT2D eigenvalue weighted by atomic mass is 35.5. The number of ether oxygens (including phenoxy) is 1. The third-order valence-corrected chi connectivity index (χ3v) is 3.83. The van der Waals surface area contributed by atoms with E-state index >= 15 is 0 Å². The van der Waals surface area contributed by atoms with Crippen molar-refractivity contribution in [1.29, 1.82) is 0 Å². The fraction of sp³-hybridized carbons (Fsp3) is 0.250. The molecule has 0 saturated heterocycles. The van der Waals surface area contributed by atoms with Crippen LogP contribution >= 0.6 is 11.6 Å². The molecule has 1 aliphatic carbocycles. The van der Waals surface area contributed by atoms with Gasteiger partial charge in [-0.2, -0.15) is 0 Å². The normalized spacial score (nSPS) is 17.1. The van der Waals surface area contributed by atoms with Crippen LogP contribution in [0, 0.1) is 0 Å². The Hall–Kier alpha value is -1.67. The highest BCUT2D eigenvalue weighted by Gasteiger charge is 2.22. The zero-order valence-corrected chi connectivity index (χ0v) is 11.6. The molecule has 0 spiro atoms. The number of hydrogen-bond donors (Lipinski definition) is 1. The first-order valence-electron chi connectivity index (χ1n) is 6.45. The van der Waals surface area contributed by atoms with E-state index in [0.29, 0.717) is 6.04 Å². The molecular formula is C16H16ClNO. The minimum Gasteiger partial charge on any atom is -0.497 e. The van der Waals surface area contributed by atoms with E-state index < -0.39 is 0 Å². The lowest BCUT2D eigenvalue weighted by molar-refractivity contribution is 0.414.